The Balaban J connectivity index is 1.24. The zero-order valence-corrected chi connectivity index (χ0v) is 16.6. The summed E-state index contributed by atoms with van der Waals surface area (Å²) in [5.41, 5.74) is 2.66. The van der Waals surface area contributed by atoms with E-state index in [4.69, 9.17) is 0 Å². The minimum absolute atomic E-state index is 0.149. The minimum atomic E-state index is 0.149. The van der Waals surface area contributed by atoms with Gasteiger partial charge in [0.1, 0.15) is 5.82 Å². The van der Waals surface area contributed by atoms with Crippen LogP contribution in [0, 0.1) is 12.8 Å². The highest BCUT2D eigenvalue weighted by Gasteiger charge is 2.30. The lowest BCUT2D eigenvalue weighted by Gasteiger charge is -2.38. The van der Waals surface area contributed by atoms with Crippen LogP contribution in [0.3, 0.4) is 0 Å². The Morgan fingerprint density at radius 2 is 1.86 bits per heavy atom. The van der Waals surface area contributed by atoms with Crippen LogP contribution in [0.5, 0.6) is 0 Å². The lowest BCUT2D eigenvalue weighted by Crippen LogP contribution is -2.51. The summed E-state index contributed by atoms with van der Waals surface area (Å²) in [4.78, 5) is 28.2. The molecule has 2 aromatic rings. The lowest BCUT2D eigenvalue weighted by molar-refractivity contribution is -0.138. The maximum atomic E-state index is 13.0. The average Bonchev–Trinajstić information content (AvgIpc) is 2.75. The molecule has 2 saturated heterocycles. The molecule has 0 saturated carbocycles. The van der Waals surface area contributed by atoms with Crippen LogP contribution in [0.25, 0.3) is 0 Å². The van der Waals surface area contributed by atoms with Crippen molar-refractivity contribution in [2.24, 2.45) is 5.92 Å². The number of nitrogens with zero attached hydrogens (tertiary/aromatic N) is 5. The molecular weight excluding hydrogens is 350 g/mol. The fourth-order valence-electron chi connectivity index (χ4n) is 4.26. The van der Waals surface area contributed by atoms with Gasteiger partial charge in [-0.3, -0.25) is 14.7 Å². The Bertz CT molecular complexity index is 781. The van der Waals surface area contributed by atoms with E-state index >= 15 is 0 Å². The zero-order valence-electron chi connectivity index (χ0n) is 16.6. The number of anilines is 1. The van der Waals surface area contributed by atoms with E-state index in [2.05, 4.69) is 55.9 Å². The van der Waals surface area contributed by atoms with E-state index in [0.717, 1.165) is 64.5 Å². The van der Waals surface area contributed by atoms with Crippen molar-refractivity contribution < 1.29 is 4.79 Å². The summed E-state index contributed by atoms with van der Waals surface area (Å²) in [6.07, 6.45) is 7.02. The molecule has 2 aliphatic heterocycles. The highest BCUT2D eigenvalue weighted by atomic mass is 16.2. The van der Waals surface area contributed by atoms with Crippen molar-refractivity contribution in [3.05, 3.63) is 54.0 Å². The monoisotopic (exact) mass is 379 g/mol. The number of hydrogen-bond acceptors (Lipinski definition) is 5. The molecule has 148 valence electrons. The van der Waals surface area contributed by atoms with Gasteiger partial charge in [0.15, 0.2) is 0 Å². The van der Waals surface area contributed by atoms with Crippen LogP contribution in [0.1, 0.15) is 24.0 Å². The first kappa shape index (κ1) is 18.9. The normalized spacial score (nSPS) is 19.0. The quantitative estimate of drug-likeness (QED) is 0.816. The average molecular weight is 380 g/mol. The molecule has 1 aromatic heterocycles. The van der Waals surface area contributed by atoms with Crippen LogP contribution in [0.2, 0.25) is 0 Å². The van der Waals surface area contributed by atoms with E-state index in [9.17, 15) is 4.79 Å². The highest BCUT2D eigenvalue weighted by molar-refractivity contribution is 5.79. The Morgan fingerprint density at radius 3 is 2.54 bits per heavy atom. The van der Waals surface area contributed by atoms with E-state index in [-0.39, 0.29) is 5.92 Å². The van der Waals surface area contributed by atoms with Crippen LogP contribution in [-0.2, 0) is 11.3 Å². The maximum Gasteiger partial charge on any atom is 0.225 e. The van der Waals surface area contributed by atoms with Crippen molar-refractivity contribution in [1.29, 1.82) is 0 Å². The van der Waals surface area contributed by atoms with Crippen molar-refractivity contribution in [3.63, 3.8) is 0 Å². The van der Waals surface area contributed by atoms with E-state index in [1.54, 1.807) is 18.6 Å². The minimum Gasteiger partial charge on any atom is -0.355 e. The summed E-state index contributed by atoms with van der Waals surface area (Å²) < 4.78 is 0. The van der Waals surface area contributed by atoms with Crippen molar-refractivity contribution in [2.75, 3.05) is 44.2 Å². The number of amides is 1. The smallest absolute Gasteiger partial charge is 0.225 e. The third kappa shape index (κ3) is 4.50. The van der Waals surface area contributed by atoms with Crippen molar-refractivity contribution in [1.82, 2.24) is 19.8 Å². The molecule has 1 amide bonds. The molecule has 1 aromatic carbocycles. The van der Waals surface area contributed by atoms with Gasteiger partial charge < -0.3 is 9.80 Å². The Hall–Kier alpha value is -2.47. The second-order valence-corrected chi connectivity index (χ2v) is 7.92. The summed E-state index contributed by atoms with van der Waals surface area (Å²) in [5.74, 6) is 1.41. The van der Waals surface area contributed by atoms with E-state index < -0.39 is 0 Å². The molecule has 0 N–H and O–H groups in total. The largest absolute Gasteiger partial charge is 0.355 e. The molecule has 28 heavy (non-hydrogen) atoms. The summed E-state index contributed by atoms with van der Waals surface area (Å²) in [6, 6.07) is 8.70. The van der Waals surface area contributed by atoms with E-state index in [1.165, 1.54) is 11.1 Å². The van der Waals surface area contributed by atoms with Crippen LogP contribution in [-0.4, -0.2) is 64.9 Å². The molecule has 0 unspecified atom stereocenters. The van der Waals surface area contributed by atoms with Gasteiger partial charge in [-0.25, -0.2) is 4.98 Å². The fourth-order valence-corrected chi connectivity index (χ4v) is 4.26. The summed E-state index contributed by atoms with van der Waals surface area (Å²) in [7, 11) is 0. The second-order valence-electron chi connectivity index (χ2n) is 7.92. The standard InChI is InChI=1S/C22H29N5O/c1-18-3-2-4-19(15-18)17-25-11-13-27(14-12-25)22(28)20-5-9-26(10-6-20)21-16-23-7-8-24-21/h2-4,7-8,15-16,20H,5-6,9-14,17H2,1H3. The van der Waals surface area contributed by atoms with Gasteiger partial charge in [0.05, 0.1) is 6.20 Å². The number of piperazine rings is 1. The number of hydrogen-bond donors (Lipinski definition) is 0. The fraction of sp³-hybridized carbons (Fsp3) is 0.500. The molecule has 0 atom stereocenters. The third-order valence-electron chi connectivity index (χ3n) is 5.89. The number of aromatic nitrogens is 2. The van der Waals surface area contributed by atoms with Gasteiger partial charge in [-0.05, 0) is 25.3 Å². The summed E-state index contributed by atoms with van der Waals surface area (Å²) in [5, 5.41) is 0. The van der Waals surface area contributed by atoms with Gasteiger partial charge >= 0.3 is 0 Å². The van der Waals surface area contributed by atoms with Crippen molar-refractivity contribution in [2.45, 2.75) is 26.3 Å². The van der Waals surface area contributed by atoms with Gasteiger partial charge in [0.2, 0.25) is 5.91 Å². The van der Waals surface area contributed by atoms with Gasteiger partial charge in [-0.1, -0.05) is 29.8 Å². The summed E-state index contributed by atoms with van der Waals surface area (Å²) >= 11 is 0. The van der Waals surface area contributed by atoms with Gasteiger partial charge in [0, 0.05) is 64.1 Å². The topological polar surface area (TPSA) is 52.6 Å². The first-order valence-electron chi connectivity index (χ1n) is 10.3. The number of aryl methyl sites for hydroxylation is 1. The first-order chi connectivity index (χ1) is 13.7. The number of piperidine rings is 1. The van der Waals surface area contributed by atoms with Crippen LogP contribution >= 0.6 is 0 Å². The van der Waals surface area contributed by atoms with Gasteiger partial charge in [-0.2, -0.15) is 0 Å². The Morgan fingerprint density at radius 1 is 1.07 bits per heavy atom. The van der Waals surface area contributed by atoms with Crippen molar-refractivity contribution in [3.8, 4) is 0 Å². The number of carbonyl (C=O) groups is 1. The van der Waals surface area contributed by atoms with E-state index in [0.29, 0.717) is 5.91 Å². The molecule has 0 bridgehead atoms. The first-order valence-corrected chi connectivity index (χ1v) is 10.3. The highest BCUT2D eigenvalue weighted by Crippen LogP contribution is 2.23. The SMILES string of the molecule is Cc1cccc(CN2CCN(C(=O)C3CCN(c4cnccn4)CC3)CC2)c1. The van der Waals surface area contributed by atoms with Crippen LogP contribution in [0.15, 0.2) is 42.9 Å². The second kappa shape index (κ2) is 8.69. The molecule has 0 radical (unpaired) electrons. The zero-order chi connectivity index (χ0) is 19.3. The summed E-state index contributed by atoms with van der Waals surface area (Å²) in [6.45, 7) is 8.46. The molecule has 0 aliphatic carbocycles. The van der Waals surface area contributed by atoms with Gasteiger partial charge in [0.25, 0.3) is 0 Å². The number of benzene rings is 1. The molecule has 2 fully saturated rings. The Kier molecular flexibility index (Phi) is 5.86. The molecule has 6 heteroatoms. The number of rotatable bonds is 4. The lowest BCUT2D eigenvalue weighted by atomic mass is 9.95. The molecular formula is C22H29N5O. The predicted molar refractivity (Wildman–Crippen MR) is 110 cm³/mol. The van der Waals surface area contributed by atoms with Gasteiger partial charge in [-0.15, -0.1) is 0 Å². The van der Waals surface area contributed by atoms with Crippen LogP contribution < -0.4 is 4.90 Å². The molecule has 2 aliphatic rings. The van der Waals surface area contributed by atoms with Crippen molar-refractivity contribution >= 4 is 11.7 Å². The maximum absolute atomic E-state index is 13.0. The van der Waals surface area contributed by atoms with Crippen LogP contribution in [0.4, 0.5) is 5.82 Å². The molecule has 4 rings (SSSR count). The molecule has 0 spiro atoms. The molecule has 3 heterocycles. The number of carbonyl (C=O) groups excluding carboxylic acids is 1. The predicted octanol–water partition coefficient (Wildman–Crippen LogP) is 2.35. The van der Waals surface area contributed by atoms with E-state index in [1.807, 2.05) is 0 Å². The molecule has 6 nitrogen and oxygen atoms in total. The Labute approximate surface area is 167 Å². The third-order valence-corrected chi connectivity index (χ3v) is 5.89.